The predicted octanol–water partition coefficient (Wildman–Crippen LogP) is 3.66. The number of nitrogens with zero attached hydrogens (tertiary/aromatic N) is 4. The van der Waals surface area contributed by atoms with Gasteiger partial charge in [0, 0.05) is 5.56 Å². The van der Waals surface area contributed by atoms with Crippen molar-refractivity contribution >= 4 is 38.8 Å². The van der Waals surface area contributed by atoms with Crippen LogP contribution in [-0.2, 0) is 0 Å². The van der Waals surface area contributed by atoms with Gasteiger partial charge in [-0.2, -0.15) is 5.10 Å². The molecule has 0 radical (unpaired) electrons. The molecule has 19 heavy (non-hydrogen) atoms. The molecule has 0 spiro atoms. The lowest BCUT2D eigenvalue weighted by Gasteiger charge is -2.01. The van der Waals surface area contributed by atoms with Gasteiger partial charge < -0.3 is 0 Å². The molecule has 1 aromatic carbocycles. The standard InChI is InChI=1S/C13H7ClN4S/c14-12-3-4-13-15-6-10(18(13)17-12)8-1-2-11-9(5-8)16-7-19-11/h1-7H. The number of halogens is 1. The average molecular weight is 287 g/mol. The van der Waals surface area contributed by atoms with Crippen molar-refractivity contribution in [3.63, 3.8) is 0 Å². The molecule has 0 amide bonds. The lowest BCUT2D eigenvalue weighted by atomic mass is 10.1. The van der Waals surface area contributed by atoms with Gasteiger partial charge in [0.05, 0.1) is 27.6 Å². The van der Waals surface area contributed by atoms with Gasteiger partial charge in [-0.1, -0.05) is 17.7 Å². The Balaban J connectivity index is 2.00. The van der Waals surface area contributed by atoms with E-state index in [1.807, 2.05) is 23.7 Å². The van der Waals surface area contributed by atoms with Crippen LogP contribution in [0.5, 0.6) is 0 Å². The normalized spacial score (nSPS) is 11.4. The number of hydrogen-bond donors (Lipinski definition) is 0. The van der Waals surface area contributed by atoms with Crippen LogP contribution < -0.4 is 0 Å². The summed E-state index contributed by atoms with van der Waals surface area (Å²) >= 11 is 7.57. The molecule has 0 atom stereocenters. The second kappa shape index (κ2) is 4.01. The van der Waals surface area contributed by atoms with Crippen molar-refractivity contribution in [2.75, 3.05) is 0 Å². The fourth-order valence-corrected chi connectivity index (χ4v) is 2.86. The van der Waals surface area contributed by atoms with Crippen LogP contribution in [0.4, 0.5) is 0 Å². The smallest absolute Gasteiger partial charge is 0.154 e. The highest BCUT2D eigenvalue weighted by Crippen LogP contribution is 2.26. The molecule has 3 heterocycles. The third-order valence-electron chi connectivity index (χ3n) is 2.96. The minimum absolute atomic E-state index is 0.446. The highest BCUT2D eigenvalue weighted by molar-refractivity contribution is 7.16. The zero-order valence-corrected chi connectivity index (χ0v) is 11.2. The van der Waals surface area contributed by atoms with E-state index < -0.39 is 0 Å². The number of imidazole rings is 1. The van der Waals surface area contributed by atoms with E-state index >= 15 is 0 Å². The van der Waals surface area contributed by atoms with E-state index in [4.69, 9.17) is 11.6 Å². The molecule has 0 saturated carbocycles. The average Bonchev–Trinajstić information content (AvgIpc) is 3.03. The van der Waals surface area contributed by atoms with E-state index in [1.165, 1.54) is 4.70 Å². The summed E-state index contributed by atoms with van der Waals surface area (Å²) in [5, 5.41) is 4.73. The quantitative estimate of drug-likeness (QED) is 0.536. The molecule has 4 rings (SSSR count). The lowest BCUT2D eigenvalue weighted by molar-refractivity contribution is 0.943. The molecule has 4 aromatic rings. The zero-order valence-electron chi connectivity index (χ0n) is 9.62. The Bertz CT molecular complexity index is 896. The van der Waals surface area contributed by atoms with Gasteiger partial charge in [-0.3, -0.25) is 0 Å². The van der Waals surface area contributed by atoms with Crippen LogP contribution >= 0.6 is 22.9 Å². The van der Waals surface area contributed by atoms with Crippen LogP contribution in [0.3, 0.4) is 0 Å². The molecular weight excluding hydrogens is 280 g/mol. The van der Waals surface area contributed by atoms with Crippen molar-refractivity contribution in [2.45, 2.75) is 0 Å². The molecule has 92 valence electrons. The second-order valence-corrected chi connectivity index (χ2v) is 5.38. The third kappa shape index (κ3) is 1.70. The number of aromatic nitrogens is 4. The first-order valence-corrected chi connectivity index (χ1v) is 6.91. The summed E-state index contributed by atoms with van der Waals surface area (Å²) in [5.74, 6) is 0. The summed E-state index contributed by atoms with van der Waals surface area (Å²) in [7, 11) is 0. The molecule has 0 N–H and O–H groups in total. The molecule has 4 nitrogen and oxygen atoms in total. The summed E-state index contributed by atoms with van der Waals surface area (Å²) in [6.45, 7) is 0. The van der Waals surface area contributed by atoms with Gasteiger partial charge in [0.2, 0.25) is 0 Å². The Hall–Kier alpha value is -1.98. The topological polar surface area (TPSA) is 43.1 Å². The van der Waals surface area contributed by atoms with E-state index in [-0.39, 0.29) is 0 Å². The predicted molar refractivity (Wildman–Crippen MR) is 76.6 cm³/mol. The molecule has 0 aliphatic rings. The summed E-state index contributed by atoms with van der Waals surface area (Å²) in [4.78, 5) is 8.66. The Morgan fingerprint density at radius 3 is 3.00 bits per heavy atom. The zero-order chi connectivity index (χ0) is 12.8. The van der Waals surface area contributed by atoms with Crippen LogP contribution in [0.1, 0.15) is 0 Å². The number of hydrogen-bond acceptors (Lipinski definition) is 4. The summed E-state index contributed by atoms with van der Waals surface area (Å²) in [6, 6.07) is 9.73. The lowest BCUT2D eigenvalue weighted by Crippen LogP contribution is -1.93. The van der Waals surface area contributed by atoms with E-state index in [2.05, 4.69) is 21.1 Å². The van der Waals surface area contributed by atoms with Gasteiger partial charge in [-0.15, -0.1) is 11.3 Å². The summed E-state index contributed by atoms with van der Waals surface area (Å²) < 4.78 is 2.92. The van der Waals surface area contributed by atoms with Gasteiger partial charge >= 0.3 is 0 Å². The largest absolute Gasteiger partial charge is 0.245 e. The van der Waals surface area contributed by atoms with Crippen molar-refractivity contribution in [3.05, 3.63) is 47.2 Å². The Morgan fingerprint density at radius 1 is 1.11 bits per heavy atom. The highest BCUT2D eigenvalue weighted by atomic mass is 35.5. The minimum Gasteiger partial charge on any atom is -0.245 e. The van der Waals surface area contributed by atoms with Crippen LogP contribution in [0.2, 0.25) is 5.15 Å². The van der Waals surface area contributed by atoms with Crippen LogP contribution in [0.15, 0.2) is 42.0 Å². The van der Waals surface area contributed by atoms with Crippen molar-refractivity contribution in [1.82, 2.24) is 19.6 Å². The second-order valence-electron chi connectivity index (χ2n) is 4.10. The van der Waals surface area contributed by atoms with E-state index in [0.29, 0.717) is 5.15 Å². The summed E-state index contributed by atoms with van der Waals surface area (Å²) in [5.41, 5.74) is 5.54. The molecule has 0 unspecified atom stereocenters. The van der Waals surface area contributed by atoms with Crippen LogP contribution in [0, 0.1) is 0 Å². The highest BCUT2D eigenvalue weighted by Gasteiger charge is 2.08. The van der Waals surface area contributed by atoms with E-state index in [0.717, 1.165) is 22.4 Å². The maximum Gasteiger partial charge on any atom is 0.154 e. The van der Waals surface area contributed by atoms with Gasteiger partial charge in [-0.25, -0.2) is 14.5 Å². The van der Waals surface area contributed by atoms with Gasteiger partial charge in [-0.05, 0) is 24.3 Å². The van der Waals surface area contributed by atoms with Crippen LogP contribution in [-0.4, -0.2) is 19.6 Å². The first kappa shape index (κ1) is 10.9. The SMILES string of the molecule is Clc1ccc2ncc(-c3ccc4scnc4c3)n2n1. The molecule has 0 aliphatic carbocycles. The molecule has 0 bridgehead atoms. The maximum absolute atomic E-state index is 5.94. The molecule has 0 fully saturated rings. The molecular formula is C13H7ClN4S. The Kier molecular flexibility index (Phi) is 2.30. The van der Waals surface area contributed by atoms with Crippen molar-refractivity contribution in [1.29, 1.82) is 0 Å². The molecule has 6 heteroatoms. The van der Waals surface area contributed by atoms with Crippen molar-refractivity contribution in [2.24, 2.45) is 0 Å². The fraction of sp³-hybridized carbons (Fsp3) is 0. The van der Waals surface area contributed by atoms with Crippen molar-refractivity contribution < 1.29 is 0 Å². The number of thiazole rings is 1. The first-order chi connectivity index (χ1) is 9.31. The monoisotopic (exact) mass is 286 g/mol. The first-order valence-electron chi connectivity index (χ1n) is 5.65. The van der Waals surface area contributed by atoms with Gasteiger partial charge in [0.15, 0.2) is 5.65 Å². The van der Waals surface area contributed by atoms with Gasteiger partial charge in [0.25, 0.3) is 0 Å². The number of benzene rings is 1. The van der Waals surface area contributed by atoms with Crippen LogP contribution in [0.25, 0.3) is 27.1 Å². The van der Waals surface area contributed by atoms with E-state index in [1.54, 1.807) is 28.1 Å². The molecule has 3 aromatic heterocycles. The number of fused-ring (bicyclic) bond motifs is 2. The Morgan fingerprint density at radius 2 is 2.05 bits per heavy atom. The third-order valence-corrected chi connectivity index (χ3v) is 3.97. The fourth-order valence-electron chi connectivity index (χ4n) is 2.06. The molecule has 0 aliphatic heterocycles. The van der Waals surface area contributed by atoms with Crippen molar-refractivity contribution in [3.8, 4) is 11.3 Å². The molecule has 0 saturated heterocycles. The maximum atomic E-state index is 5.94. The summed E-state index contributed by atoms with van der Waals surface area (Å²) in [6.07, 6.45) is 1.80. The Labute approximate surface area is 117 Å². The van der Waals surface area contributed by atoms with Gasteiger partial charge in [0.1, 0.15) is 5.15 Å². The number of rotatable bonds is 1. The minimum atomic E-state index is 0.446. The van der Waals surface area contributed by atoms with E-state index in [9.17, 15) is 0 Å².